The van der Waals surface area contributed by atoms with Gasteiger partial charge in [0.05, 0.1) is 22.8 Å². The predicted octanol–water partition coefficient (Wildman–Crippen LogP) is 17.1. The van der Waals surface area contributed by atoms with Crippen LogP contribution in [-0.4, -0.2) is 19.9 Å². The normalized spacial score (nSPS) is 11.1. The molecule has 0 aliphatic rings. The zero-order valence-electron chi connectivity index (χ0n) is 38.2. The lowest BCUT2D eigenvalue weighted by atomic mass is 9.97. The molecule has 0 atom stereocenters. The molecule has 4 nitrogen and oxygen atoms in total. The minimum absolute atomic E-state index is 0.641. The van der Waals surface area contributed by atoms with Crippen LogP contribution in [0.2, 0.25) is 0 Å². The van der Waals surface area contributed by atoms with E-state index in [0.29, 0.717) is 11.6 Å². The summed E-state index contributed by atoms with van der Waals surface area (Å²) in [5, 5.41) is 2.02. The average molecular weight is 893 g/mol. The lowest BCUT2D eigenvalue weighted by Crippen LogP contribution is -1.98. The summed E-state index contributed by atoms with van der Waals surface area (Å²) in [6.07, 6.45) is 0. The van der Waals surface area contributed by atoms with E-state index < -0.39 is 0 Å². The second kappa shape index (κ2) is 18.7. The fourth-order valence-corrected chi connectivity index (χ4v) is 9.28. The molecule has 2 aromatic heterocycles. The van der Waals surface area contributed by atoms with Crippen molar-refractivity contribution in [2.75, 3.05) is 0 Å². The Labute approximate surface area is 408 Å². The number of aromatic nitrogens is 4. The number of rotatable bonds is 10. The molecule has 0 amide bonds. The van der Waals surface area contributed by atoms with Crippen LogP contribution in [-0.2, 0) is 0 Å². The highest BCUT2D eigenvalue weighted by Gasteiger charge is 2.18. The third-order valence-electron chi connectivity index (χ3n) is 13.0. The molecule has 0 radical (unpaired) electrons. The van der Waals surface area contributed by atoms with E-state index in [1.165, 1.54) is 22.3 Å². The van der Waals surface area contributed by atoms with E-state index in [-0.39, 0.29) is 0 Å². The molecule has 328 valence electrons. The Morgan fingerprint density at radius 2 is 0.386 bits per heavy atom. The number of hydrogen-bond acceptors (Lipinski definition) is 4. The molecule has 2 heterocycles. The number of nitrogens with zero attached hydrogens (tertiary/aromatic N) is 4. The summed E-state index contributed by atoms with van der Waals surface area (Å²) in [7, 11) is 0. The molecule has 0 N–H and O–H groups in total. The van der Waals surface area contributed by atoms with Crippen molar-refractivity contribution in [1.29, 1.82) is 0 Å². The van der Waals surface area contributed by atoms with Crippen molar-refractivity contribution in [2.45, 2.75) is 0 Å². The number of hydrogen-bond donors (Lipinski definition) is 0. The SMILES string of the molecule is c1ccc(-c2ccc(-c3cc(-c4ccc(-c5ccccc5)cc4)nc(-c4cccc5c(-c6nc(-c7ccc(-c8ccccc8)cc7)cc(-c7ccc(-c8ccccc8)cc7)n6)cccc45)n3)cc2)cc1. The first-order chi connectivity index (χ1) is 34.7. The highest BCUT2D eigenvalue weighted by Crippen LogP contribution is 2.38. The molecule has 0 aliphatic heterocycles. The van der Waals surface area contributed by atoms with E-state index in [1.807, 2.05) is 24.3 Å². The first kappa shape index (κ1) is 42.0. The second-order valence-electron chi connectivity index (χ2n) is 17.4. The fraction of sp³-hybridized carbons (Fsp3) is 0. The smallest absolute Gasteiger partial charge is 0.161 e. The molecule has 0 spiro atoms. The highest BCUT2D eigenvalue weighted by atomic mass is 14.9. The van der Waals surface area contributed by atoms with Crippen molar-refractivity contribution >= 4 is 10.8 Å². The van der Waals surface area contributed by atoms with Crippen LogP contribution in [0.3, 0.4) is 0 Å². The van der Waals surface area contributed by atoms with Crippen LogP contribution in [0.25, 0.3) is 123 Å². The average Bonchev–Trinajstić information content (AvgIpc) is 3.45. The zero-order valence-corrected chi connectivity index (χ0v) is 38.2. The van der Waals surface area contributed by atoms with Crippen molar-refractivity contribution < 1.29 is 0 Å². The third-order valence-corrected chi connectivity index (χ3v) is 13.0. The van der Waals surface area contributed by atoms with Gasteiger partial charge in [-0.25, -0.2) is 19.9 Å². The van der Waals surface area contributed by atoms with Crippen LogP contribution < -0.4 is 0 Å². The lowest BCUT2D eigenvalue weighted by Gasteiger charge is -2.14. The van der Waals surface area contributed by atoms with Gasteiger partial charge in [0.2, 0.25) is 0 Å². The number of fused-ring (bicyclic) bond motifs is 1. The van der Waals surface area contributed by atoms with Crippen molar-refractivity contribution in [2.24, 2.45) is 0 Å². The molecule has 12 rings (SSSR count). The Hall–Kier alpha value is -9.38. The van der Waals surface area contributed by atoms with Gasteiger partial charge in [0, 0.05) is 33.4 Å². The quantitative estimate of drug-likeness (QED) is 0.137. The van der Waals surface area contributed by atoms with Crippen LogP contribution in [0.1, 0.15) is 0 Å². The molecule has 4 heteroatoms. The Balaban J connectivity index is 0.981. The Kier molecular flexibility index (Phi) is 11.2. The van der Waals surface area contributed by atoms with E-state index >= 15 is 0 Å². The lowest BCUT2D eigenvalue weighted by molar-refractivity contribution is 1.18. The number of benzene rings is 10. The Morgan fingerprint density at radius 3 is 0.629 bits per heavy atom. The van der Waals surface area contributed by atoms with Gasteiger partial charge >= 0.3 is 0 Å². The summed E-state index contributed by atoms with van der Waals surface area (Å²) in [6, 6.07) is 93.4. The maximum Gasteiger partial charge on any atom is 0.161 e. The molecule has 0 unspecified atom stereocenters. The van der Waals surface area contributed by atoms with Gasteiger partial charge in [-0.15, -0.1) is 0 Å². The van der Waals surface area contributed by atoms with Crippen LogP contribution in [0.5, 0.6) is 0 Å². The maximum absolute atomic E-state index is 5.34. The molecule has 0 saturated carbocycles. The first-order valence-electron chi connectivity index (χ1n) is 23.6. The second-order valence-corrected chi connectivity index (χ2v) is 17.4. The van der Waals surface area contributed by atoms with Crippen molar-refractivity contribution in [3.63, 3.8) is 0 Å². The largest absolute Gasteiger partial charge is 0.228 e. The van der Waals surface area contributed by atoms with Gasteiger partial charge in [0.1, 0.15) is 0 Å². The van der Waals surface area contributed by atoms with Gasteiger partial charge in [-0.2, -0.15) is 0 Å². The Morgan fingerprint density at radius 1 is 0.171 bits per heavy atom. The maximum atomic E-state index is 5.34. The zero-order chi connectivity index (χ0) is 46.6. The van der Waals surface area contributed by atoms with Gasteiger partial charge in [-0.1, -0.05) is 255 Å². The molecule has 0 saturated heterocycles. The fourth-order valence-electron chi connectivity index (χ4n) is 9.28. The van der Waals surface area contributed by atoms with E-state index in [1.54, 1.807) is 0 Å². The summed E-state index contributed by atoms with van der Waals surface area (Å²) in [4.78, 5) is 21.4. The van der Waals surface area contributed by atoms with Crippen molar-refractivity contribution in [3.05, 3.63) is 267 Å². The standard InChI is InChI=1S/C66H44N4/c1-5-15-45(16-6-1)49-27-35-53(36-28-49)61-43-62(54-37-29-50(30-38-54)46-17-7-2-8-18-46)68-65(67-61)59-25-13-24-58-57(59)23-14-26-60(58)66-69-63(55-39-31-51(32-40-55)47-19-9-3-10-20-47)44-64(70-66)56-41-33-52(34-42-56)48-21-11-4-12-22-48/h1-44H. The highest BCUT2D eigenvalue weighted by molar-refractivity contribution is 6.03. The van der Waals surface area contributed by atoms with Crippen LogP contribution in [0.15, 0.2) is 267 Å². The van der Waals surface area contributed by atoms with E-state index in [4.69, 9.17) is 19.9 Å². The first-order valence-corrected chi connectivity index (χ1v) is 23.6. The minimum Gasteiger partial charge on any atom is -0.228 e. The summed E-state index contributed by atoms with van der Waals surface area (Å²) in [5.74, 6) is 1.28. The van der Waals surface area contributed by atoms with Gasteiger partial charge in [0.15, 0.2) is 11.6 Å². The predicted molar refractivity (Wildman–Crippen MR) is 289 cm³/mol. The Bertz CT molecular complexity index is 3290. The summed E-state index contributed by atoms with van der Waals surface area (Å²) in [6.45, 7) is 0. The summed E-state index contributed by atoms with van der Waals surface area (Å²) < 4.78 is 0. The molecular weight excluding hydrogens is 849 g/mol. The molecule has 10 aromatic carbocycles. The van der Waals surface area contributed by atoms with Crippen LogP contribution in [0.4, 0.5) is 0 Å². The molecule has 0 fully saturated rings. The van der Waals surface area contributed by atoms with Gasteiger partial charge < -0.3 is 0 Å². The third kappa shape index (κ3) is 8.58. The van der Waals surface area contributed by atoms with E-state index in [0.717, 1.165) is 89.2 Å². The minimum atomic E-state index is 0.641. The van der Waals surface area contributed by atoms with Gasteiger partial charge in [0.25, 0.3) is 0 Å². The topological polar surface area (TPSA) is 51.6 Å². The van der Waals surface area contributed by atoms with Crippen molar-refractivity contribution in [1.82, 2.24) is 19.9 Å². The van der Waals surface area contributed by atoms with Crippen molar-refractivity contribution in [3.8, 4) is 112 Å². The van der Waals surface area contributed by atoms with E-state index in [9.17, 15) is 0 Å². The van der Waals surface area contributed by atoms with E-state index in [2.05, 4.69) is 243 Å². The summed E-state index contributed by atoms with van der Waals surface area (Å²) >= 11 is 0. The van der Waals surface area contributed by atoms with Crippen LogP contribution >= 0.6 is 0 Å². The molecule has 12 aromatic rings. The monoisotopic (exact) mass is 892 g/mol. The van der Waals surface area contributed by atoms with Gasteiger partial charge in [-0.05, 0) is 67.4 Å². The summed E-state index contributed by atoms with van der Waals surface area (Å²) in [5.41, 5.74) is 18.6. The molecule has 70 heavy (non-hydrogen) atoms. The van der Waals surface area contributed by atoms with Gasteiger partial charge in [-0.3, -0.25) is 0 Å². The van der Waals surface area contributed by atoms with Crippen LogP contribution in [0, 0.1) is 0 Å². The molecular formula is C66H44N4. The molecule has 0 aliphatic carbocycles. The molecule has 0 bridgehead atoms.